The van der Waals surface area contributed by atoms with Crippen molar-refractivity contribution in [3.8, 4) is 0 Å². The standard InChI is InChI=1S/C13H12ClN3O2/c1-9(18)10-3-2-4-11(7-10)16-12(19)8-17-6-5-15-13(17)14/h2-7H,8H2,1H3,(H,16,19). The van der Waals surface area contributed by atoms with Crippen LogP contribution in [-0.4, -0.2) is 21.2 Å². The molecule has 0 aliphatic heterocycles. The molecule has 6 heteroatoms. The van der Waals surface area contributed by atoms with Crippen LogP contribution in [0.25, 0.3) is 0 Å². The average molecular weight is 278 g/mol. The third-order valence-corrected chi connectivity index (χ3v) is 2.85. The third-order valence-electron chi connectivity index (χ3n) is 2.53. The molecule has 0 spiro atoms. The molecule has 1 heterocycles. The minimum Gasteiger partial charge on any atom is -0.325 e. The number of benzene rings is 1. The molecule has 0 atom stereocenters. The average Bonchev–Trinajstić information content (AvgIpc) is 2.75. The van der Waals surface area contributed by atoms with Crippen molar-refractivity contribution < 1.29 is 9.59 Å². The lowest BCUT2D eigenvalue weighted by molar-refractivity contribution is -0.116. The van der Waals surface area contributed by atoms with E-state index < -0.39 is 0 Å². The SMILES string of the molecule is CC(=O)c1cccc(NC(=O)Cn2ccnc2Cl)c1. The maximum absolute atomic E-state index is 11.8. The molecular formula is C13H12ClN3O2. The van der Waals surface area contributed by atoms with Gasteiger partial charge >= 0.3 is 0 Å². The second kappa shape index (κ2) is 5.67. The molecule has 2 rings (SSSR count). The predicted molar refractivity (Wildman–Crippen MR) is 72.3 cm³/mol. The number of halogens is 1. The highest BCUT2D eigenvalue weighted by Gasteiger charge is 2.07. The number of hydrogen-bond acceptors (Lipinski definition) is 3. The van der Waals surface area contributed by atoms with E-state index >= 15 is 0 Å². The van der Waals surface area contributed by atoms with E-state index in [4.69, 9.17) is 11.6 Å². The Morgan fingerprint density at radius 1 is 1.42 bits per heavy atom. The van der Waals surface area contributed by atoms with Crippen molar-refractivity contribution in [2.45, 2.75) is 13.5 Å². The summed E-state index contributed by atoms with van der Waals surface area (Å²) < 4.78 is 1.52. The first-order valence-electron chi connectivity index (χ1n) is 5.64. The summed E-state index contributed by atoms with van der Waals surface area (Å²) in [5.41, 5.74) is 1.13. The Morgan fingerprint density at radius 3 is 2.84 bits per heavy atom. The molecule has 1 N–H and O–H groups in total. The summed E-state index contributed by atoms with van der Waals surface area (Å²) >= 11 is 5.78. The summed E-state index contributed by atoms with van der Waals surface area (Å²) in [6.45, 7) is 1.55. The fourth-order valence-electron chi connectivity index (χ4n) is 1.60. The molecule has 1 amide bonds. The van der Waals surface area contributed by atoms with Crippen LogP contribution < -0.4 is 5.32 Å². The molecule has 0 bridgehead atoms. The van der Waals surface area contributed by atoms with Crippen LogP contribution in [0.5, 0.6) is 0 Å². The number of nitrogens with one attached hydrogen (secondary N) is 1. The van der Waals surface area contributed by atoms with E-state index in [9.17, 15) is 9.59 Å². The molecular weight excluding hydrogens is 266 g/mol. The van der Waals surface area contributed by atoms with E-state index in [-0.39, 0.29) is 23.5 Å². The maximum Gasteiger partial charge on any atom is 0.244 e. The quantitative estimate of drug-likeness (QED) is 0.873. The number of hydrogen-bond donors (Lipinski definition) is 1. The summed E-state index contributed by atoms with van der Waals surface area (Å²) in [6, 6.07) is 6.77. The van der Waals surface area contributed by atoms with E-state index in [1.807, 2.05) is 0 Å². The number of imidazole rings is 1. The normalized spacial score (nSPS) is 10.2. The molecule has 0 aliphatic rings. The van der Waals surface area contributed by atoms with Crippen LogP contribution in [0, 0.1) is 0 Å². The number of Topliss-reactive ketones (excluding diaryl/α,β-unsaturated/α-hetero) is 1. The van der Waals surface area contributed by atoms with Crippen molar-refractivity contribution in [1.29, 1.82) is 0 Å². The van der Waals surface area contributed by atoms with Crippen LogP contribution in [-0.2, 0) is 11.3 Å². The fraction of sp³-hybridized carbons (Fsp3) is 0.154. The number of rotatable bonds is 4. The molecule has 19 heavy (non-hydrogen) atoms. The zero-order valence-corrected chi connectivity index (χ0v) is 11.0. The molecule has 1 aromatic heterocycles. The number of aromatic nitrogens is 2. The van der Waals surface area contributed by atoms with Gasteiger partial charge in [-0.05, 0) is 30.7 Å². The van der Waals surface area contributed by atoms with Gasteiger partial charge in [-0.2, -0.15) is 0 Å². The maximum atomic E-state index is 11.8. The topological polar surface area (TPSA) is 64.0 Å². The van der Waals surface area contributed by atoms with Crippen molar-refractivity contribution in [3.05, 3.63) is 47.5 Å². The first-order chi connectivity index (χ1) is 9.06. The molecule has 0 aliphatic carbocycles. The molecule has 0 radical (unpaired) electrons. The molecule has 0 saturated carbocycles. The molecule has 2 aromatic rings. The second-order valence-corrected chi connectivity index (χ2v) is 4.35. The smallest absolute Gasteiger partial charge is 0.244 e. The van der Waals surface area contributed by atoms with E-state index in [1.165, 1.54) is 17.7 Å². The Kier molecular flexibility index (Phi) is 3.97. The number of ketones is 1. The molecule has 1 aromatic carbocycles. The Hall–Kier alpha value is -2.14. The highest BCUT2D eigenvalue weighted by atomic mass is 35.5. The molecule has 98 valence electrons. The van der Waals surface area contributed by atoms with Gasteiger partial charge in [0.15, 0.2) is 5.78 Å². The number of amides is 1. The highest BCUT2D eigenvalue weighted by molar-refractivity contribution is 6.28. The van der Waals surface area contributed by atoms with Crippen LogP contribution in [0.15, 0.2) is 36.7 Å². The highest BCUT2D eigenvalue weighted by Crippen LogP contribution is 2.12. The van der Waals surface area contributed by atoms with E-state index in [2.05, 4.69) is 10.3 Å². The molecule has 0 unspecified atom stereocenters. The number of carbonyl (C=O) groups is 2. The first kappa shape index (κ1) is 13.3. The fourth-order valence-corrected chi connectivity index (χ4v) is 1.77. The van der Waals surface area contributed by atoms with Crippen molar-refractivity contribution in [1.82, 2.24) is 9.55 Å². The lowest BCUT2D eigenvalue weighted by Crippen LogP contribution is -2.18. The minimum atomic E-state index is -0.236. The summed E-state index contributed by atoms with van der Waals surface area (Å²) in [7, 11) is 0. The number of nitrogens with zero attached hydrogens (tertiary/aromatic N) is 2. The van der Waals surface area contributed by atoms with Gasteiger partial charge in [-0.25, -0.2) is 4.98 Å². The van der Waals surface area contributed by atoms with Gasteiger partial charge in [-0.3, -0.25) is 9.59 Å². The van der Waals surface area contributed by atoms with E-state index in [1.54, 1.807) is 30.5 Å². The summed E-state index contributed by atoms with van der Waals surface area (Å²) in [5, 5.41) is 2.96. The third kappa shape index (κ3) is 3.42. The van der Waals surface area contributed by atoms with Crippen LogP contribution in [0.4, 0.5) is 5.69 Å². The van der Waals surface area contributed by atoms with Crippen molar-refractivity contribution >= 4 is 29.0 Å². The van der Waals surface area contributed by atoms with E-state index in [0.717, 1.165) is 0 Å². The summed E-state index contributed by atoms with van der Waals surface area (Å²) in [6.07, 6.45) is 3.14. The second-order valence-electron chi connectivity index (χ2n) is 4.01. The van der Waals surface area contributed by atoms with E-state index in [0.29, 0.717) is 11.3 Å². The Morgan fingerprint density at radius 2 is 2.21 bits per heavy atom. The predicted octanol–water partition coefficient (Wildman–Crippen LogP) is 2.38. The Labute approximate surface area is 115 Å². The Balaban J connectivity index is 2.05. The van der Waals surface area contributed by atoms with Gasteiger partial charge < -0.3 is 9.88 Å². The van der Waals surface area contributed by atoms with Crippen molar-refractivity contribution in [2.75, 3.05) is 5.32 Å². The zero-order valence-electron chi connectivity index (χ0n) is 10.3. The van der Waals surface area contributed by atoms with Gasteiger partial charge in [0.1, 0.15) is 6.54 Å². The van der Waals surface area contributed by atoms with Gasteiger partial charge in [-0.1, -0.05) is 12.1 Å². The first-order valence-corrected chi connectivity index (χ1v) is 6.01. The summed E-state index contributed by atoms with van der Waals surface area (Å²) in [5.74, 6) is -0.283. The van der Waals surface area contributed by atoms with Crippen LogP contribution in [0.1, 0.15) is 17.3 Å². The number of carbonyl (C=O) groups excluding carboxylic acids is 2. The van der Waals surface area contributed by atoms with Crippen LogP contribution in [0.2, 0.25) is 5.28 Å². The lowest BCUT2D eigenvalue weighted by Gasteiger charge is -2.07. The molecule has 5 nitrogen and oxygen atoms in total. The van der Waals surface area contributed by atoms with Crippen molar-refractivity contribution in [2.24, 2.45) is 0 Å². The summed E-state index contributed by atoms with van der Waals surface area (Å²) in [4.78, 5) is 26.9. The van der Waals surface area contributed by atoms with Gasteiger partial charge in [0.25, 0.3) is 0 Å². The number of anilines is 1. The minimum absolute atomic E-state index is 0.0475. The van der Waals surface area contributed by atoms with Crippen molar-refractivity contribution in [3.63, 3.8) is 0 Å². The Bertz CT molecular complexity index is 622. The van der Waals surface area contributed by atoms with Gasteiger partial charge in [-0.15, -0.1) is 0 Å². The lowest BCUT2D eigenvalue weighted by atomic mass is 10.1. The van der Waals surface area contributed by atoms with Gasteiger partial charge in [0.05, 0.1) is 0 Å². The van der Waals surface area contributed by atoms with Crippen LogP contribution >= 0.6 is 11.6 Å². The van der Waals surface area contributed by atoms with Gasteiger partial charge in [0.2, 0.25) is 11.2 Å². The monoisotopic (exact) mass is 277 g/mol. The molecule has 0 saturated heterocycles. The zero-order chi connectivity index (χ0) is 13.8. The van der Waals surface area contributed by atoms with Crippen LogP contribution in [0.3, 0.4) is 0 Å². The largest absolute Gasteiger partial charge is 0.325 e. The molecule has 0 fully saturated rings. The van der Waals surface area contributed by atoms with Gasteiger partial charge in [0, 0.05) is 23.6 Å².